The molecule has 12 heteroatoms. The first-order valence-electron chi connectivity index (χ1n) is 7.83. The Balaban J connectivity index is 1.89. The lowest BCUT2D eigenvalue weighted by atomic mass is 10.2. The van der Waals surface area contributed by atoms with Gasteiger partial charge in [-0.05, 0) is 12.1 Å². The van der Waals surface area contributed by atoms with Gasteiger partial charge in [0.15, 0.2) is 12.3 Å². The Morgan fingerprint density at radius 2 is 2.26 bits per heavy atom. The first-order chi connectivity index (χ1) is 12.8. The van der Waals surface area contributed by atoms with Crippen LogP contribution in [0.1, 0.15) is 22.3 Å². The van der Waals surface area contributed by atoms with Gasteiger partial charge >= 0.3 is 6.18 Å². The first kappa shape index (κ1) is 19.4. The van der Waals surface area contributed by atoms with Crippen LogP contribution in [0.15, 0.2) is 18.3 Å². The quantitative estimate of drug-likeness (QED) is 0.783. The second-order valence-corrected chi connectivity index (χ2v) is 6.03. The number of amides is 1. The predicted octanol–water partition coefficient (Wildman–Crippen LogP) is 1.62. The SMILES string of the molecule is NC(=O)c1c(Cl)c(OCC(F)(F)F)nn1-c1ccc([C@@H]2CNCCO2)nc1. The van der Waals surface area contributed by atoms with Crippen molar-refractivity contribution in [2.75, 3.05) is 26.3 Å². The molecule has 3 N–H and O–H groups in total. The molecule has 8 nitrogen and oxygen atoms in total. The number of pyridine rings is 1. The zero-order valence-electron chi connectivity index (χ0n) is 13.8. The standard InChI is InChI=1S/C15H15ClF3N5O3/c16-11-12(13(20)25)24(23-14(11)27-7-15(17,18)19)8-1-2-9(22-5-8)10-6-21-3-4-26-10/h1-2,5,10,21H,3-4,6-7H2,(H2,20,25)/t10-/m0/s1. The number of nitrogens with one attached hydrogen (secondary N) is 1. The third-order valence-electron chi connectivity index (χ3n) is 3.68. The second kappa shape index (κ2) is 7.71. The Hall–Kier alpha value is -2.37. The molecule has 0 aromatic carbocycles. The van der Waals surface area contributed by atoms with E-state index in [0.717, 1.165) is 11.2 Å². The highest BCUT2D eigenvalue weighted by Crippen LogP contribution is 2.31. The highest BCUT2D eigenvalue weighted by molar-refractivity contribution is 6.34. The fourth-order valence-electron chi connectivity index (χ4n) is 2.49. The molecule has 1 atom stereocenters. The van der Waals surface area contributed by atoms with Crippen molar-refractivity contribution in [2.45, 2.75) is 12.3 Å². The third kappa shape index (κ3) is 4.49. The summed E-state index contributed by atoms with van der Waals surface area (Å²) in [6, 6.07) is 3.23. The van der Waals surface area contributed by atoms with E-state index >= 15 is 0 Å². The highest BCUT2D eigenvalue weighted by Gasteiger charge is 2.31. The summed E-state index contributed by atoms with van der Waals surface area (Å²) in [7, 11) is 0. The van der Waals surface area contributed by atoms with Gasteiger partial charge in [-0.2, -0.15) is 13.2 Å². The minimum Gasteiger partial charge on any atom is -0.466 e. The number of halogens is 4. The maximum absolute atomic E-state index is 12.4. The third-order valence-corrected chi connectivity index (χ3v) is 4.02. The number of morpholine rings is 1. The van der Waals surface area contributed by atoms with E-state index in [4.69, 9.17) is 22.1 Å². The van der Waals surface area contributed by atoms with Crippen molar-refractivity contribution in [1.82, 2.24) is 20.1 Å². The summed E-state index contributed by atoms with van der Waals surface area (Å²) >= 11 is 5.93. The van der Waals surface area contributed by atoms with Crippen LogP contribution in [0, 0.1) is 0 Å². The van der Waals surface area contributed by atoms with E-state index in [9.17, 15) is 18.0 Å². The molecule has 146 valence electrons. The van der Waals surface area contributed by atoms with Crippen molar-refractivity contribution >= 4 is 17.5 Å². The smallest absolute Gasteiger partial charge is 0.422 e. The molecule has 0 radical (unpaired) electrons. The van der Waals surface area contributed by atoms with Gasteiger partial charge in [0, 0.05) is 13.1 Å². The summed E-state index contributed by atoms with van der Waals surface area (Å²) in [6.45, 7) is 0.296. The molecule has 0 bridgehead atoms. The molecular weight excluding hydrogens is 391 g/mol. The van der Waals surface area contributed by atoms with E-state index in [-0.39, 0.29) is 17.5 Å². The number of hydrogen-bond donors (Lipinski definition) is 2. The minimum atomic E-state index is -4.59. The summed E-state index contributed by atoms with van der Waals surface area (Å²) in [4.78, 5) is 16.0. The van der Waals surface area contributed by atoms with Crippen LogP contribution in [0.4, 0.5) is 13.2 Å². The van der Waals surface area contributed by atoms with Crippen molar-refractivity contribution in [2.24, 2.45) is 5.73 Å². The van der Waals surface area contributed by atoms with Crippen molar-refractivity contribution < 1.29 is 27.4 Å². The van der Waals surface area contributed by atoms with Gasteiger partial charge in [-0.1, -0.05) is 11.6 Å². The molecule has 0 saturated carbocycles. The number of nitrogens with two attached hydrogens (primary N) is 1. The van der Waals surface area contributed by atoms with Gasteiger partial charge in [-0.15, -0.1) is 5.10 Å². The molecule has 1 saturated heterocycles. The van der Waals surface area contributed by atoms with Gasteiger partial charge in [-0.3, -0.25) is 9.78 Å². The average Bonchev–Trinajstić information content (AvgIpc) is 2.97. The van der Waals surface area contributed by atoms with Gasteiger partial charge in [-0.25, -0.2) is 4.68 Å². The number of nitrogens with zero attached hydrogens (tertiary/aromatic N) is 3. The van der Waals surface area contributed by atoms with Gasteiger partial charge in [0.25, 0.3) is 11.8 Å². The van der Waals surface area contributed by atoms with Crippen LogP contribution in [0.2, 0.25) is 5.02 Å². The van der Waals surface area contributed by atoms with Gasteiger partial charge < -0.3 is 20.5 Å². The Labute approximate surface area is 156 Å². The molecule has 3 rings (SSSR count). The number of carbonyl (C=O) groups is 1. The normalized spacial score (nSPS) is 17.7. The van der Waals surface area contributed by atoms with E-state index in [1.54, 1.807) is 12.1 Å². The maximum Gasteiger partial charge on any atom is 0.422 e. The fraction of sp³-hybridized carbons (Fsp3) is 0.400. The van der Waals surface area contributed by atoms with E-state index in [2.05, 4.69) is 20.1 Å². The molecule has 0 aliphatic carbocycles. The molecular formula is C15H15ClF3N5O3. The summed E-state index contributed by atoms with van der Waals surface area (Å²) in [6.07, 6.45) is -3.43. The Bertz CT molecular complexity index is 819. The van der Waals surface area contributed by atoms with Gasteiger partial charge in [0.1, 0.15) is 11.1 Å². The molecule has 0 unspecified atom stereocenters. The zero-order chi connectivity index (χ0) is 19.6. The van der Waals surface area contributed by atoms with E-state index < -0.39 is 29.6 Å². The molecule has 1 fully saturated rings. The average molecular weight is 406 g/mol. The second-order valence-electron chi connectivity index (χ2n) is 5.65. The number of alkyl halides is 3. The maximum atomic E-state index is 12.4. The van der Waals surface area contributed by atoms with E-state index in [0.29, 0.717) is 18.8 Å². The Morgan fingerprint density at radius 3 is 2.81 bits per heavy atom. The molecule has 1 aliphatic heterocycles. The lowest BCUT2D eigenvalue weighted by Crippen LogP contribution is -2.33. The molecule has 2 aromatic heterocycles. The fourth-order valence-corrected chi connectivity index (χ4v) is 2.75. The number of primary amides is 1. The Morgan fingerprint density at radius 1 is 1.48 bits per heavy atom. The number of aromatic nitrogens is 3. The number of carbonyl (C=O) groups excluding carboxylic acids is 1. The number of ether oxygens (including phenoxy) is 2. The molecule has 27 heavy (non-hydrogen) atoms. The van der Waals surface area contributed by atoms with Crippen LogP contribution in [0.25, 0.3) is 5.69 Å². The summed E-state index contributed by atoms with van der Waals surface area (Å²) in [5.74, 6) is -1.52. The van der Waals surface area contributed by atoms with Crippen molar-refractivity contribution in [3.05, 3.63) is 34.7 Å². The summed E-state index contributed by atoms with van der Waals surface area (Å²) in [5, 5.41) is 6.59. The van der Waals surface area contributed by atoms with Crippen LogP contribution in [-0.4, -0.2) is 53.2 Å². The lowest BCUT2D eigenvalue weighted by Gasteiger charge is -2.23. The molecule has 2 aromatic rings. The van der Waals surface area contributed by atoms with Crippen molar-refractivity contribution in [3.63, 3.8) is 0 Å². The van der Waals surface area contributed by atoms with Crippen LogP contribution >= 0.6 is 11.6 Å². The van der Waals surface area contributed by atoms with E-state index in [1.807, 2.05) is 0 Å². The van der Waals surface area contributed by atoms with E-state index in [1.165, 1.54) is 6.20 Å². The predicted molar refractivity (Wildman–Crippen MR) is 88.0 cm³/mol. The van der Waals surface area contributed by atoms with Crippen molar-refractivity contribution in [3.8, 4) is 11.6 Å². The van der Waals surface area contributed by atoms with Crippen LogP contribution in [0.5, 0.6) is 5.88 Å². The van der Waals surface area contributed by atoms with Gasteiger partial charge in [0.2, 0.25) is 0 Å². The molecule has 0 spiro atoms. The highest BCUT2D eigenvalue weighted by atomic mass is 35.5. The first-order valence-corrected chi connectivity index (χ1v) is 8.20. The van der Waals surface area contributed by atoms with Crippen LogP contribution in [0.3, 0.4) is 0 Å². The van der Waals surface area contributed by atoms with Crippen molar-refractivity contribution in [1.29, 1.82) is 0 Å². The minimum absolute atomic E-state index is 0.227. The largest absolute Gasteiger partial charge is 0.466 e. The summed E-state index contributed by atoms with van der Waals surface area (Å²) < 4.78 is 48.2. The van der Waals surface area contributed by atoms with Crippen LogP contribution < -0.4 is 15.8 Å². The number of rotatable bonds is 5. The molecule has 1 aliphatic rings. The summed E-state index contributed by atoms with van der Waals surface area (Å²) in [5.41, 5.74) is 5.91. The number of hydrogen-bond acceptors (Lipinski definition) is 6. The van der Waals surface area contributed by atoms with Gasteiger partial charge in [0.05, 0.1) is 24.2 Å². The monoisotopic (exact) mass is 405 g/mol. The zero-order valence-corrected chi connectivity index (χ0v) is 14.5. The topological polar surface area (TPSA) is 104 Å². The lowest BCUT2D eigenvalue weighted by molar-refractivity contribution is -0.154. The van der Waals surface area contributed by atoms with Crippen LogP contribution in [-0.2, 0) is 4.74 Å². The molecule has 1 amide bonds. The Kier molecular flexibility index (Phi) is 5.53. The molecule has 3 heterocycles.